The third-order valence-electron chi connectivity index (χ3n) is 8.22. The molecular formula is C23H29AsN2O4. The number of nitrogens with zero attached hydrogens (tertiary/aromatic N) is 2. The summed E-state index contributed by atoms with van der Waals surface area (Å²) in [6.45, 7) is 2.97. The summed E-state index contributed by atoms with van der Waals surface area (Å²) < 4.78 is 24.2. The van der Waals surface area contributed by atoms with Crippen LogP contribution in [0.25, 0.3) is 0 Å². The van der Waals surface area contributed by atoms with Crippen LogP contribution < -0.4 is 4.90 Å². The van der Waals surface area contributed by atoms with Gasteiger partial charge in [0.2, 0.25) is 5.91 Å². The minimum atomic E-state index is -3.12. The van der Waals surface area contributed by atoms with Gasteiger partial charge in [-0.05, 0) is 36.9 Å². The van der Waals surface area contributed by atoms with Crippen LogP contribution in [0.1, 0.15) is 24.8 Å². The van der Waals surface area contributed by atoms with Crippen LogP contribution in [0.5, 0.6) is 0 Å². The van der Waals surface area contributed by atoms with Gasteiger partial charge in [-0.2, -0.15) is 0 Å². The van der Waals surface area contributed by atoms with Gasteiger partial charge in [0.1, 0.15) is 0 Å². The van der Waals surface area contributed by atoms with Gasteiger partial charge in [0, 0.05) is 29.6 Å². The van der Waals surface area contributed by atoms with E-state index in [2.05, 4.69) is 40.1 Å². The Morgan fingerprint density at radius 2 is 2.03 bits per heavy atom. The van der Waals surface area contributed by atoms with Crippen LogP contribution in [-0.4, -0.2) is 66.6 Å². The van der Waals surface area contributed by atoms with Crippen LogP contribution in [0, 0.1) is 11.8 Å². The monoisotopic (exact) mass is 472 g/mol. The van der Waals surface area contributed by atoms with Gasteiger partial charge in [-0.3, -0.25) is 9.69 Å². The summed E-state index contributed by atoms with van der Waals surface area (Å²) in [4.78, 5) is 18.1. The topological polar surface area (TPSA) is 70.1 Å². The molecule has 7 rings (SSSR count). The average Bonchev–Trinajstić information content (AvgIpc) is 3.15. The molecule has 5 heterocycles. The fraction of sp³-hybridized carbons (Fsp3) is 0.609. The molecule has 1 saturated carbocycles. The van der Waals surface area contributed by atoms with Crippen molar-refractivity contribution < 1.29 is 17.4 Å². The van der Waals surface area contributed by atoms with E-state index in [1.165, 1.54) is 42.1 Å². The fourth-order valence-corrected chi connectivity index (χ4v) is 7.51. The SMILES string of the molecule is C[As](C)(=O)O.O=C1CC2OCC=C3CN4CCC56c7ccccc7N1C5C2C3CC46. The van der Waals surface area contributed by atoms with Gasteiger partial charge >= 0.3 is 33.1 Å². The van der Waals surface area contributed by atoms with Crippen LogP contribution in [0.4, 0.5) is 5.69 Å². The first-order valence-electron chi connectivity index (χ1n) is 11.0. The first-order valence-corrected chi connectivity index (χ1v) is 16.4. The number of ether oxygens (including phenoxy) is 1. The first kappa shape index (κ1) is 19.4. The molecule has 2 bridgehead atoms. The number of fused-ring (bicyclic) bond motifs is 2. The number of anilines is 1. The minimum Gasteiger partial charge on any atom is -0.373 e. The second-order valence-corrected chi connectivity index (χ2v) is 15.5. The number of benzene rings is 1. The normalized spacial score (nSPS) is 40.2. The number of para-hydroxylation sites is 1. The molecule has 160 valence electrons. The molecule has 1 N–H and O–H groups in total. The van der Waals surface area contributed by atoms with Crippen molar-refractivity contribution >= 4 is 25.4 Å². The maximum Gasteiger partial charge on any atom is 0.229 e. The number of amides is 1. The standard InChI is InChI=1S/C21H22N2O2.C2H7AsO2/c24-18-10-16-19-13-9-17-21(6-7-22(17)11-12(13)5-8-25-16)14-3-1-2-4-15(14)23(18)20(19)21;1-3(2,4)5/h1-5,13,16-17,19-20H,6-11H2;1-2H3,(H,4,5). The molecule has 5 aliphatic heterocycles. The van der Waals surface area contributed by atoms with E-state index in [4.69, 9.17) is 8.83 Å². The summed E-state index contributed by atoms with van der Waals surface area (Å²) in [6, 6.07) is 9.64. The Morgan fingerprint density at radius 3 is 2.83 bits per heavy atom. The molecule has 1 spiro atoms. The summed E-state index contributed by atoms with van der Waals surface area (Å²) in [5.41, 5.74) is 7.07. The molecule has 1 aromatic rings. The Labute approximate surface area is 179 Å². The average molecular weight is 472 g/mol. The molecule has 1 aromatic carbocycles. The number of carbonyl (C=O) groups is 1. The molecule has 0 aromatic heterocycles. The molecule has 3 saturated heterocycles. The molecule has 0 radical (unpaired) electrons. The first-order chi connectivity index (χ1) is 14.3. The Kier molecular flexibility index (Phi) is 4.10. The van der Waals surface area contributed by atoms with E-state index in [1.807, 2.05) is 0 Å². The predicted molar refractivity (Wildman–Crippen MR) is 114 cm³/mol. The summed E-state index contributed by atoms with van der Waals surface area (Å²) in [5, 5.41) is 0. The summed E-state index contributed by atoms with van der Waals surface area (Å²) in [6.07, 6.45) is 5.43. The fourth-order valence-electron chi connectivity index (χ4n) is 7.51. The molecule has 1 aliphatic carbocycles. The van der Waals surface area contributed by atoms with Gasteiger partial charge in [-0.1, -0.05) is 29.8 Å². The third kappa shape index (κ3) is 2.51. The molecule has 6 nitrogen and oxygen atoms in total. The Bertz CT molecular complexity index is 994. The van der Waals surface area contributed by atoms with E-state index < -0.39 is 13.8 Å². The summed E-state index contributed by atoms with van der Waals surface area (Å²) in [7, 11) is 0. The zero-order valence-electron chi connectivity index (χ0n) is 17.5. The molecule has 7 heteroatoms. The molecule has 6 aliphatic rings. The molecule has 6 unspecified atom stereocenters. The largest absolute Gasteiger partial charge is 0.373 e. The maximum absolute atomic E-state index is 13.2. The molecule has 1 amide bonds. The Morgan fingerprint density at radius 1 is 1.27 bits per heavy atom. The van der Waals surface area contributed by atoms with Crippen LogP contribution in [0.3, 0.4) is 0 Å². The van der Waals surface area contributed by atoms with E-state index in [0.29, 0.717) is 36.9 Å². The molecule has 30 heavy (non-hydrogen) atoms. The number of hydrogen-bond acceptors (Lipinski definition) is 4. The van der Waals surface area contributed by atoms with Gasteiger partial charge in [0.15, 0.2) is 0 Å². The van der Waals surface area contributed by atoms with Crippen molar-refractivity contribution in [2.24, 2.45) is 11.8 Å². The van der Waals surface area contributed by atoms with Crippen molar-refractivity contribution in [2.75, 3.05) is 24.6 Å². The van der Waals surface area contributed by atoms with Crippen molar-refractivity contribution in [3.8, 4) is 0 Å². The van der Waals surface area contributed by atoms with Gasteiger partial charge in [-0.25, -0.2) is 0 Å². The van der Waals surface area contributed by atoms with Gasteiger partial charge < -0.3 is 9.64 Å². The number of carbonyl (C=O) groups excluding carboxylic acids is 1. The molecule has 6 atom stereocenters. The summed E-state index contributed by atoms with van der Waals surface area (Å²) in [5.74, 6) is 1.35. The Balaban J connectivity index is 0.000000318. The van der Waals surface area contributed by atoms with Gasteiger partial charge in [0.05, 0.1) is 25.2 Å². The van der Waals surface area contributed by atoms with Crippen molar-refractivity contribution in [1.82, 2.24) is 4.90 Å². The molecule has 4 fully saturated rings. The number of rotatable bonds is 0. The van der Waals surface area contributed by atoms with E-state index in [0.717, 1.165) is 6.54 Å². The van der Waals surface area contributed by atoms with Crippen LogP contribution in [0.2, 0.25) is 11.4 Å². The molecular weight excluding hydrogens is 443 g/mol. The number of hydrogen-bond donors (Lipinski definition) is 1. The van der Waals surface area contributed by atoms with Gasteiger partial charge in [0.25, 0.3) is 0 Å². The summed E-state index contributed by atoms with van der Waals surface area (Å²) >= 11 is -3.12. The van der Waals surface area contributed by atoms with Crippen LogP contribution in [0.15, 0.2) is 35.9 Å². The van der Waals surface area contributed by atoms with Crippen LogP contribution in [-0.2, 0) is 18.7 Å². The second-order valence-electron chi connectivity index (χ2n) is 10.1. The van der Waals surface area contributed by atoms with Crippen LogP contribution >= 0.6 is 0 Å². The quantitative estimate of drug-likeness (QED) is 0.463. The van der Waals surface area contributed by atoms with E-state index in [1.54, 1.807) is 5.57 Å². The van der Waals surface area contributed by atoms with E-state index >= 15 is 0 Å². The van der Waals surface area contributed by atoms with Crippen molar-refractivity contribution in [3.63, 3.8) is 0 Å². The van der Waals surface area contributed by atoms with Crippen molar-refractivity contribution in [1.29, 1.82) is 0 Å². The third-order valence-corrected chi connectivity index (χ3v) is 8.22. The Hall–Kier alpha value is -1.33. The zero-order chi connectivity index (χ0) is 20.8. The van der Waals surface area contributed by atoms with Crippen molar-refractivity contribution in [3.05, 3.63) is 41.5 Å². The van der Waals surface area contributed by atoms with Gasteiger partial charge in [-0.15, -0.1) is 0 Å². The zero-order valence-corrected chi connectivity index (χ0v) is 19.4. The predicted octanol–water partition coefficient (Wildman–Crippen LogP) is 2.20. The van der Waals surface area contributed by atoms with E-state index in [9.17, 15) is 8.53 Å². The van der Waals surface area contributed by atoms with Crippen molar-refractivity contribution in [2.45, 2.75) is 54.3 Å². The second kappa shape index (κ2) is 6.35. The maximum atomic E-state index is 13.2. The number of piperidine rings is 2. The smallest absolute Gasteiger partial charge is 0.229 e. The minimum absolute atomic E-state index is 0.104. The van der Waals surface area contributed by atoms with E-state index in [-0.39, 0.29) is 17.4 Å².